The van der Waals surface area contributed by atoms with E-state index in [0.717, 1.165) is 5.56 Å². The summed E-state index contributed by atoms with van der Waals surface area (Å²) in [5.74, 6) is -3.78. The molecule has 5 heteroatoms. The number of halogens is 2. The third-order valence-corrected chi connectivity index (χ3v) is 3.67. The number of pyridine rings is 1. The predicted molar refractivity (Wildman–Crippen MR) is 61.7 cm³/mol. The SMILES string of the molecule is Cc1cncc(C2(C(=O)O)CCC(F)(F)CC2)c1. The normalized spacial score (nSPS) is 21.5. The standard InChI is InChI=1S/C13H15F2NO2/c1-9-6-10(8-16-7-9)12(11(17)18)2-4-13(14,15)5-3-12/h6-8H,2-5H2,1H3,(H,17,18). The fraction of sp³-hybridized carbons (Fsp3) is 0.538. The molecule has 98 valence electrons. The van der Waals surface area contributed by atoms with E-state index in [1.54, 1.807) is 12.3 Å². The zero-order valence-corrected chi connectivity index (χ0v) is 10.1. The zero-order chi connectivity index (χ0) is 13.4. The lowest BCUT2D eigenvalue weighted by atomic mass is 9.68. The van der Waals surface area contributed by atoms with Crippen molar-refractivity contribution in [3.8, 4) is 0 Å². The van der Waals surface area contributed by atoms with E-state index in [1.165, 1.54) is 6.20 Å². The number of hydrogen-bond acceptors (Lipinski definition) is 2. The van der Waals surface area contributed by atoms with E-state index in [1.807, 2.05) is 6.92 Å². The fourth-order valence-corrected chi connectivity index (χ4v) is 2.49. The minimum atomic E-state index is -2.74. The van der Waals surface area contributed by atoms with Crippen molar-refractivity contribution in [1.82, 2.24) is 4.98 Å². The summed E-state index contributed by atoms with van der Waals surface area (Å²) >= 11 is 0. The number of aryl methyl sites for hydroxylation is 1. The van der Waals surface area contributed by atoms with Gasteiger partial charge in [0.15, 0.2) is 0 Å². The molecule has 0 bridgehead atoms. The molecule has 18 heavy (non-hydrogen) atoms. The Morgan fingerprint density at radius 2 is 1.89 bits per heavy atom. The molecular formula is C13H15F2NO2. The molecular weight excluding hydrogens is 240 g/mol. The second-order valence-corrected chi connectivity index (χ2v) is 4.99. The van der Waals surface area contributed by atoms with Gasteiger partial charge in [0.05, 0.1) is 5.41 Å². The first-order valence-electron chi connectivity index (χ1n) is 5.89. The van der Waals surface area contributed by atoms with Crippen molar-refractivity contribution in [3.63, 3.8) is 0 Å². The van der Waals surface area contributed by atoms with Gasteiger partial charge in [0.2, 0.25) is 5.92 Å². The summed E-state index contributed by atoms with van der Waals surface area (Å²) in [5, 5.41) is 9.43. The molecule has 0 radical (unpaired) electrons. The van der Waals surface area contributed by atoms with Crippen LogP contribution in [0.5, 0.6) is 0 Å². The summed E-state index contributed by atoms with van der Waals surface area (Å²) < 4.78 is 26.4. The second kappa shape index (κ2) is 4.30. The van der Waals surface area contributed by atoms with Crippen LogP contribution in [0.4, 0.5) is 8.78 Å². The molecule has 1 aliphatic rings. The molecule has 0 saturated heterocycles. The van der Waals surface area contributed by atoms with E-state index >= 15 is 0 Å². The molecule has 0 amide bonds. The molecule has 1 aliphatic carbocycles. The molecule has 1 heterocycles. The monoisotopic (exact) mass is 255 g/mol. The Morgan fingerprint density at radius 1 is 1.28 bits per heavy atom. The quantitative estimate of drug-likeness (QED) is 0.884. The largest absolute Gasteiger partial charge is 0.481 e. The number of carboxylic acids is 1. The van der Waals surface area contributed by atoms with Crippen LogP contribution in [0.15, 0.2) is 18.5 Å². The van der Waals surface area contributed by atoms with Gasteiger partial charge in [0.1, 0.15) is 0 Å². The van der Waals surface area contributed by atoms with Crippen molar-refractivity contribution in [2.24, 2.45) is 0 Å². The van der Waals surface area contributed by atoms with Crippen LogP contribution < -0.4 is 0 Å². The smallest absolute Gasteiger partial charge is 0.314 e. The molecule has 1 aromatic heterocycles. The van der Waals surface area contributed by atoms with Gasteiger partial charge in [-0.2, -0.15) is 0 Å². The number of nitrogens with zero attached hydrogens (tertiary/aromatic N) is 1. The highest BCUT2D eigenvalue weighted by Crippen LogP contribution is 2.45. The van der Waals surface area contributed by atoms with Crippen LogP contribution in [0.25, 0.3) is 0 Å². The van der Waals surface area contributed by atoms with Crippen LogP contribution in [0.1, 0.15) is 36.8 Å². The molecule has 0 aliphatic heterocycles. The van der Waals surface area contributed by atoms with E-state index in [2.05, 4.69) is 4.98 Å². The van der Waals surface area contributed by atoms with Crippen LogP contribution in [-0.2, 0) is 10.2 Å². The Kier molecular flexibility index (Phi) is 3.09. The van der Waals surface area contributed by atoms with Gasteiger partial charge in [0, 0.05) is 25.2 Å². The van der Waals surface area contributed by atoms with Crippen LogP contribution in [-0.4, -0.2) is 22.0 Å². The van der Waals surface area contributed by atoms with Crippen LogP contribution in [0.3, 0.4) is 0 Å². The number of alkyl halides is 2. The Bertz CT molecular complexity index is 464. The number of aliphatic carboxylic acids is 1. The van der Waals surface area contributed by atoms with Gasteiger partial charge in [-0.15, -0.1) is 0 Å². The molecule has 0 unspecified atom stereocenters. The van der Waals surface area contributed by atoms with Gasteiger partial charge < -0.3 is 5.11 Å². The second-order valence-electron chi connectivity index (χ2n) is 4.99. The number of hydrogen-bond donors (Lipinski definition) is 1. The summed E-state index contributed by atoms with van der Waals surface area (Å²) in [7, 11) is 0. The molecule has 0 aromatic carbocycles. The Hall–Kier alpha value is -1.52. The summed E-state index contributed by atoms with van der Waals surface area (Å²) in [6, 6.07) is 1.73. The van der Waals surface area contributed by atoms with E-state index in [4.69, 9.17) is 0 Å². The fourth-order valence-electron chi connectivity index (χ4n) is 2.49. The summed E-state index contributed by atoms with van der Waals surface area (Å²) in [6.07, 6.45) is 2.25. The lowest BCUT2D eigenvalue weighted by Gasteiger charge is -2.36. The molecule has 1 fully saturated rings. The average Bonchev–Trinajstić information content (AvgIpc) is 2.29. The van der Waals surface area contributed by atoms with Crippen molar-refractivity contribution in [1.29, 1.82) is 0 Å². The van der Waals surface area contributed by atoms with Crippen LogP contribution in [0.2, 0.25) is 0 Å². The maximum Gasteiger partial charge on any atom is 0.314 e. The highest BCUT2D eigenvalue weighted by atomic mass is 19.3. The zero-order valence-electron chi connectivity index (χ0n) is 10.1. The van der Waals surface area contributed by atoms with E-state index < -0.39 is 17.3 Å². The van der Waals surface area contributed by atoms with Gasteiger partial charge in [-0.05, 0) is 30.9 Å². The first-order valence-corrected chi connectivity index (χ1v) is 5.89. The summed E-state index contributed by atoms with van der Waals surface area (Å²) in [4.78, 5) is 15.5. The van der Waals surface area contributed by atoms with E-state index in [0.29, 0.717) is 5.56 Å². The molecule has 1 aromatic rings. The number of carboxylic acid groups (broad SMARTS) is 1. The number of aromatic nitrogens is 1. The first-order chi connectivity index (χ1) is 8.36. The third kappa shape index (κ3) is 2.21. The van der Waals surface area contributed by atoms with Crippen LogP contribution in [0, 0.1) is 6.92 Å². The van der Waals surface area contributed by atoms with Gasteiger partial charge >= 0.3 is 5.97 Å². The highest BCUT2D eigenvalue weighted by Gasteiger charge is 2.49. The molecule has 2 rings (SSSR count). The summed E-state index contributed by atoms with van der Waals surface area (Å²) in [6.45, 7) is 1.81. The average molecular weight is 255 g/mol. The van der Waals surface area contributed by atoms with Gasteiger partial charge in [-0.1, -0.05) is 6.07 Å². The van der Waals surface area contributed by atoms with Crippen LogP contribution >= 0.6 is 0 Å². The van der Waals surface area contributed by atoms with Gasteiger partial charge in [-0.25, -0.2) is 8.78 Å². The molecule has 1 saturated carbocycles. The van der Waals surface area contributed by atoms with Crippen molar-refractivity contribution in [2.45, 2.75) is 43.9 Å². The van der Waals surface area contributed by atoms with Crippen molar-refractivity contribution >= 4 is 5.97 Å². The number of carbonyl (C=O) groups is 1. The first kappa shape index (κ1) is 12.9. The molecule has 1 N–H and O–H groups in total. The highest BCUT2D eigenvalue weighted by molar-refractivity contribution is 5.81. The maximum atomic E-state index is 13.2. The lowest BCUT2D eigenvalue weighted by molar-refractivity contribution is -0.149. The van der Waals surface area contributed by atoms with Crippen molar-refractivity contribution in [3.05, 3.63) is 29.6 Å². The van der Waals surface area contributed by atoms with Crippen molar-refractivity contribution < 1.29 is 18.7 Å². The minimum Gasteiger partial charge on any atom is -0.481 e. The third-order valence-electron chi connectivity index (χ3n) is 3.67. The van der Waals surface area contributed by atoms with Gasteiger partial charge in [-0.3, -0.25) is 9.78 Å². The molecule has 3 nitrogen and oxygen atoms in total. The Labute approximate surface area is 104 Å². The minimum absolute atomic E-state index is 0.0412. The predicted octanol–water partition coefficient (Wildman–Crippen LogP) is 2.92. The number of rotatable bonds is 2. The van der Waals surface area contributed by atoms with E-state index in [-0.39, 0.29) is 25.7 Å². The van der Waals surface area contributed by atoms with Crippen molar-refractivity contribution in [2.75, 3.05) is 0 Å². The topological polar surface area (TPSA) is 50.2 Å². The summed E-state index contributed by atoms with van der Waals surface area (Å²) in [5.41, 5.74) is 0.164. The maximum absolute atomic E-state index is 13.2. The van der Waals surface area contributed by atoms with E-state index in [9.17, 15) is 18.7 Å². The Morgan fingerprint density at radius 3 is 2.39 bits per heavy atom. The Balaban J connectivity index is 2.38. The molecule has 0 atom stereocenters. The van der Waals surface area contributed by atoms with Gasteiger partial charge in [0.25, 0.3) is 0 Å². The lowest BCUT2D eigenvalue weighted by Crippen LogP contribution is -2.42. The molecule has 0 spiro atoms.